The number of nitrogens with two attached hydrogens (primary N) is 1. The summed E-state index contributed by atoms with van der Waals surface area (Å²) < 4.78 is 51.4. The highest BCUT2D eigenvalue weighted by molar-refractivity contribution is 5.94. The van der Waals surface area contributed by atoms with E-state index in [1.807, 2.05) is 0 Å². The second-order valence-corrected chi connectivity index (χ2v) is 5.70. The van der Waals surface area contributed by atoms with Gasteiger partial charge in [0.1, 0.15) is 5.82 Å². The zero-order valence-corrected chi connectivity index (χ0v) is 11.9. The lowest BCUT2D eigenvalue weighted by molar-refractivity contribution is -0.137. The molecule has 0 saturated heterocycles. The van der Waals surface area contributed by atoms with Crippen molar-refractivity contribution in [1.82, 2.24) is 5.32 Å². The van der Waals surface area contributed by atoms with Crippen LogP contribution in [0.4, 0.5) is 17.6 Å². The van der Waals surface area contributed by atoms with Gasteiger partial charge in [-0.05, 0) is 43.4 Å². The molecule has 3 nitrogen and oxygen atoms in total. The predicted molar refractivity (Wildman–Crippen MR) is 73.7 cm³/mol. The van der Waals surface area contributed by atoms with Crippen LogP contribution in [-0.4, -0.2) is 18.5 Å². The summed E-state index contributed by atoms with van der Waals surface area (Å²) >= 11 is 0. The van der Waals surface area contributed by atoms with Crippen molar-refractivity contribution in [1.29, 1.82) is 0 Å². The second-order valence-electron chi connectivity index (χ2n) is 5.70. The Labute approximate surface area is 125 Å². The molecule has 1 aromatic carbocycles. The minimum absolute atomic E-state index is 0.0842. The van der Waals surface area contributed by atoms with Crippen molar-refractivity contribution < 1.29 is 22.4 Å². The maximum atomic E-state index is 13.6. The van der Waals surface area contributed by atoms with E-state index in [-0.39, 0.29) is 12.0 Å². The highest BCUT2D eigenvalue weighted by Crippen LogP contribution is 2.30. The maximum Gasteiger partial charge on any atom is 0.416 e. The van der Waals surface area contributed by atoms with Crippen LogP contribution in [-0.2, 0) is 6.18 Å². The fourth-order valence-corrected chi connectivity index (χ4v) is 2.73. The summed E-state index contributed by atoms with van der Waals surface area (Å²) in [5, 5.41) is 2.51. The third kappa shape index (κ3) is 4.19. The van der Waals surface area contributed by atoms with Crippen LogP contribution in [0.25, 0.3) is 0 Å². The average molecular weight is 318 g/mol. The van der Waals surface area contributed by atoms with Crippen LogP contribution in [0.1, 0.15) is 41.6 Å². The Bertz CT molecular complexity index is 545. The first-order valence-electron chi connectivity index (χ1n) is 7.18. The third-order valence-electron chi connectivity index (χ3n) is 3.91. The number of benzene rings is 1. The number of carbonyl (C=O) groups excluding carboxylic acids is 1. The van der Waals surface area contributed by atoms with Gasteiger partial charge in [-0.15, -0.1) is 0 Å². The summed E-state index contributed by atoms with van der Waals surface area (Å²) in [5.41, 5.74) is 4.21. The topological polar surface area (TPSA) is 55.1 Å². The molecule has 2 atom stereocenters. The van der Waals surface area contributed by atoms with Gasteiger partial charge in [0.2, 0.25) is 0 Å². The highest BCUT2D eigenvalue weighted by Gasteiger charge is 2.32. The van der Waals surface area contributed by atoms with E-state index in [4.69, 9.17) is 5.73 Å². The van der Waals surface area contributed by atoms with Crippen molar-refractivity contribution >= 4 is 5.91 Å². The molecule has 3 N–H and O–H groups in total. The monoisotopic (exact) mass is 318 g/mol. The van der Waals surface area contributed by atoms with Crippen LogP contribution in [0.5, 0.6) is 0 Å². The van der Waals surface area contributed by atoms with Crippen molar-refractivity contribution in [2.24, 2.45) is 11.7 Å². The molecule has 1 amide bonds. The maximum absolute atomic E-state index is 13.6. The molecule has 0 radical (unpaired) electrons. The Morgan fingerprint density at radius 3 is 2.68 bits per heavy atom. The van der Waals surface area contributed by atoms with Gasteiger partial charge in [0.05, 0.1) is 11.1 Å². The van der Waals surface area contributed by atoms with Crippen LogP contribution in [0, 0.1) is 11.7 Å². The molecule has 0 heterocycles. The summed E-state index contributed by atoms with van der Waals surface area (Å²) in [6.45, 7) is 0.294. The Kier molecular flexibility index (Phi) is 5.05. The lowest BCUT2D eigenvalue weighted by Crippen LogP contribution is -2.36. The van der Waals surface area contributed by atoms with Gasteiger partial charge in [0.15, 0.2) is 0 Å². The van der Waals surface area contributed by atoms with Gasteiger partial charge in [-0.3, -0.25) is 4.79 Å². The van der Waals surface area contributed by atoms with Crippen LogP contribution in [0.3, 0.4) is 0 Å². The number of hydrogen-bond donors (Lipinski definition) is 2. The van der Waals surface area contributed by atoms with E-state index >= 15 is 0 Å². The number of carbonyl (C=O) groups is 1. The minimum atomic E-state index is -4.61. The van der Waals surface area contributed by atoms with E-state index in [1.165, 1.54) is 0 Å². The summed E-state index contributed by atoms with van der Waals surface area (Å²) in [5.74, 6) is -1.62. The SMILES string of the molecule is NC1CCCC(CNC(=O)c2cc(C(F)(F)F)ccc2F)C1. The fraction of sp³-hybridized carbons (Fsp3) is 0.533. The molecule has 2 unspecified atom stereocenters. The molecule has 1 saturated carbocycles. The zero-order chi connectivity index (χ0) is 16.3. The lowest BCUT2D eigenvalue weighted by Gasteiger charge is -2.26. The first-order chi connectivity index (χ1) is 10.3. The first kappa shape index (κ1) is 16.7. The average Bonchev–Trinajstić information content (AvgIpc) is 2.44. The molecule has 0 aromatic heterocycles. The molecular formula is C15H18F4N2O. The molecule has 122 valence electrons. The predicted octanol–water partition coefficient (Wildman–Crippen LogP) is 3.09. The molecule has 1 fully saturated rings. The molecular weight excluding hydrogens is 300 g/mol. The van der Waals surface area contributed by atoms with Crippen LogP contribution in [0.15, 0.2) is 18.2 Å². The van der Waals surface area contributed by atoms with Gasteiger partial charge in [-0.25, -0.2) is 4.39 Å². The molecule has 22 heavy (non-hydrogen) atoms. The third-order valence-corrected chi connectivity index (χ3v) is 3.91. The summed E-state index contributed by atoms with van der Waals surface area (Å²) in [6, 6.07) is 1.90. The molecule has 1 aromatic rings. The minimum Gasteiger partial charge on any atom is -0.352 e. The lowest BCUT2D eigenvalue weighted by atomic mass is 9.86. The fourth-order valence-electron chi connectivity index (χ4n) is 2.73. The van der Waals surface area contributed by atoms with E-state index in [9.17, 15) is 22.4 Å². The molecule has 1 aliphatic carbocycles. The van der Waals surface area contributed by atoms with Gasteiger partial charge >= 0.3 is 6.18 Å². The highest BCUT2D eigenvalue weighted by atomic mass is 19.4. The van der Waals surface area contributed by atoms with Crippen molar-refractivity contribution in [3.63, 3.8) is 0 Å². The Morgan fingerprint density at radius 1 is 1.32 bits per heavy atom. The Morgan fingerprint density at radius 2 is 2.05 bits per heavy atom. The van der Waals surface area contributed by atoms with E-state index < -0.39 is 29.0 Å². The van der Waals surface area contributed by atoms with E-state index in [0.29, 0.717) is 24.7 Å². The standard InChI is InChI=1S/C15H18F4N2O/c16-13-5-4-10(15(17,18)19)7-12(13)14(22)21-8-9-2-1-3-11(20)6-9/h4-5,7,9,11H,1-3,6,8,20H2,(H,21,22). The molecule has 2 rings (SSSR count). The first-order valence-corrected chi connectivity index (χ1v) is 7.18. The molecule has 7 heteroatoms. The summed E-state index contributed by atoms with van der Waals surface area (Å²) in [7, 11) is 0. The number of halogens is 4. The molecule has 1 aliphatic rings. The van der Waals surface area contributed by atoms with Gasteiger partial charge in [0.25, 0.3) is 5.91 Å². The van der Waals surface area contributed by atoms with Crippen molar-refractivity contribution in [3.8, 4) is 0 Å². The largest absolute Gasteiger partial charge is 0.416 e. The quantitative estimate of drug-likeness (QED) is 0.842. The van der Waals surface area contributed by atoms with E-state index in [0.717, 1.165) is 25.7 Å². The van der Waals surface area contributed by atoms with Crippen molar-refractivity contribution in [2.45, 2.75) is 37.9 Å². The van der Waals surface area contributed by atoms with Gasteiger partial charge < -0.3 is 11.1 Å². The Balaban J connectivity index is 2.03. The smallest absolute Gasteiger partial charge is 0.352 e. The van der Waals surface area contributed by atoms with Gasteiger partial charge in [-0.2, -0.15) is 13.2 Å². The summed E-state index contributed by atoms with van der Waals surface area (Å²) in [6.07, 6.45) is -1.06. The number of nitrogens with one attached hydrogen (secondary N) is 1. The normalized spacial score (nSPS) is 22.4. The summed E-state index contributed by atoms with van der Waals surface area (Å²) in [4.78, 5) is 11.9. The van der Waals surface area contributed by atoms with E-state index in [2.05, 4.69) is 5.32 Å². The molecule has 0 spiro atoms. The van der Waals surface area contributed by atoms with Crippen LogP contribution in [0.2, 0.25) is 0 Å². The number of alkyl halides is 3. The zero-order valence-electron chi connectivity index (χ0n) is 11.9. The number of amides is 1. The number of rotatable bonds is 3. The van der Waals surface area contributed by atoms with E-state index in [1.54, 1.807) is 0 Å². The van der Waals surface area contributed by atoms with Crippen LogP contribution < -0.4 is 11.1 Å². The van der Waals surface area contributed by atoms with Crippen LogP contribution >= 0.6 is 0 Å². The van der Waals surface area contributed by atoms with Crippen molar-refractivity contribution in [2.75, 3.05) is 6.54 Å². The Hall–Kier alpha value is -1.63. The molecule has 0 bridgehead atoms. The second kappa shape index (κ2) is 6.64. The number of hydrogen-bond acceptors (Lipinski definition) is 2. The molecule has 0 aliphatic heterocycles. The van der Waals surface area contributed by atoms with Gasteiger partial charge in [0, 0.05) is 12.6 Å². The van der Waals surface area contributed by atoms with Crippen molar-refractivity contribution in [3.05, 3.63) is 35.1 Å². The van der Waals surface area contributed by atoms with Gasteiger partial charge in [-0.1, -0.05) is 6.42 Å².